The van der Waals surface area contributed by atoms with Crippen LogP contribution in [0.1, 0.15) is 5.56 Å². The summed E-state index contributed by atoms with van der Waals surface area (Å²) in [6.07, 6.45) is 0. The van der Waals surface area contributed by atoms with Gasteiger partial charge in [-0.05, 0) is 24.1 Å². The molecule has 2 aromatic carbocycles. The van der Waals surface area contributed by atoms with E-state index in [1.807, 2.05) is 30.3 Å². The SMILES string of the molecule is CONc1ccccc1-c1ccccc1C. The van der Waals surface area contributed by atoms with Crippen LogP contribution in [0.15, 0.2) is 48.5 Å². The lowest BCUT2D eigenvalue weighted by Gasteiger charge is -2.12. The highest BCUT2D eigenvalue weighted by molar-refractivity contribution is 5.79. The van der Waals surface area contributed by atoms with Crippen molar-refractivity contribution >= 4 is 5.69 Å². The summed E-state index contributed by atoms with van der Waals surface area (Å²) in [6.45, 7) is 2.11. The van der Waals surface area contributed by atoms with E-state index in [4.69, 9.17) is 4.84 Å². The smallest absolute Gasteiger partial charge is 0.0682 e. The van der Waals surface area contributed by atoms with Crippen LogP contribution in [0.4, 0.5) is 5.69 Å². The molecule has 0 aliphatic rings. The predicted octanol–water partition coefficient (Wildman–Crippen LogP) is 3.64. The monoisotopic (exact) mass is 213 g/mol. The highest BCUT2D eigenvalue weighted by atomic mass is 16.6. The summed E-state index contributed by atoms with van der Waals surface area (Å²) in [6, 6.07) is 16.4. The van der Waals surface area contributed by atoms with Gasteiger partial charge in [0, 0.05) is 5.56 Å². The van der Waals surface area contributed by atoms with Crippen molar-refractivity contribution < 1.29 is 4.84 Å². The summed E-state index contributed by atoms with van der Waals surface area (Å²) in [5.74, 6) is 0. The molecule has 2 aromatic rings. The van der Waals surface area contributed by atoms with Gasteiger partial charge in [0.05, 0.1) is 12.8 Å². The summed E-state index contributed by atoms with van der Waals surface area (Å²) in [4.78, 5) is 4.98. The maximum atomic E-state index is 4.98. The minimum atomic E-state index is 0.985. The molecule has 16 heavy (non-hydrogen) atoms. The van der Waals surface area contributed by atoms with Crippen molar-refractivity contribution in [2.45, 2.75) is 6.92 Å². The van der Waals surface area contributed by atoms with E-state index < -0.39 is 0 Å². The van der Waals surface area contributed by atoms with E-state index in [0.29, 0.717) is 0 Å². The third-order valence-electron chi connectivity index (χ3n) is 2.57. The number of rotatable bonds is 3. The fourth-order valence-corrected chi connectivity index (χ4v) is 1.79. The molecule has 0 atom stereocenters. The molecular weight excluding hydrogens is 198 g/mol. The topological polar surface area (TPSA) is 21.3 Å². The van der Waals surface area contributed by atoms with Crippen LogP contribution < -0.4 is 5.48 Å². The number of benzene rings is 2. The van der Waals surface area contributed by atoms with Crippen molar-refractivity contribution in [2.24, 2.45) is 0 Å². The fourth-order valence-electron chi connectivity index (χ4n) is 1.79. The molecule has 2 rings (SSSR count). The van der Waals surface area contributed by atoms with Crippen LogP contribution in [0.2, 0.25) is 0 Å². The van der Waals surface area contributed by atoms with Gasteiger partial charge in [-0.2, -0.15) is 0 Å². The van der Waals surface area contributed by atoms with Gasteiger partial charge in [-0.15, -0.1) is 0 Å². The van der Waals surface area contributed by atoms with Crippen LogP contribution >= 0.6 is 0 Å². The van der Waals surface area contributed by atoms with Crippen molar-refractivity contribution in [3.05, 3.63) is 54.1 Å². The van der Waals surface area contributed by atoms with E-state index in [9.17, 15) is 0 Å². The number of hydrogen-bond acceptors (Lipinski definition) is 2. The van der Waals surface area contributed by atoms with Gasteiger partial charge in [-0.1, -0.05) is 42.5 Å². The number of anilines is 1. The maximum Gasteiger partial charge on any atom is 0.0682 e. The Kier molecular flexibility index (Phi) is 3.22. The van der Waals surface area contributed by atoms with Crippen LogP contribution in [0.3, 0.4) is 0 Å². The fraction of sp³-hybridized carbons (Fsp3) is 0.143. The first-order valence-corrected chi connectivity index (χ1v) is 5.27. The molecule has 0 saturated heterocycles. The molecule has 0 aliphatic carbocycles. The van der Waals surface area contributed by atoms with E-state index >= 15 is 0 Å². The Morgan fingerprint density at radius 2 is 1.50 bits per heavy atom. The molecule has 0 spiro atoms. The lowest BCUT2D eigenvalue weighted by Crippen LogP contribution is -1.97. The van der Waals surface area contributed by atoms with Crippen molar-refractivity contribution in [3.63, 3.8) is 0 Å². The molecule has 1 N–H and O–H groups in total. The Labute approximate surface area is 95.8 Å². The van der Waals surface area contributed by atoms with Gasteiger partial charge >= 0.3 is 0 Å². The van der Waals surface area contributed by atoms with E-state index in [2.05, 4.69) is 30.6 Å². The zero-order chi connectivity index (χ0) is 11.4. The van der Waals surface area contributed by atoms with Crippen molar-refractivity contribution in [2.75, 3.05) is 12.6 Å². The lowest BCUT2D eigenvalue weighted by molar-refractivity contribution is 0.271. The van der Waals surface area contributed by atoms with Gasteiger partial charge in [0.25, 0.3) is 0 Å². The highest BCUT2D eigenvalue weighted by Gasteiger charge is 2.05. The van der Waals surface area contributed by atoms with Gasteiger partial charge < -0.3 is 0 Å². The third-order valence-corrected chi connectivity index (χ3v) is 2.57. The molecule has 2 nitrogen and oxygen atoms in total. The minimum Gasteiger partial charge on any atom is -0.279 e. The molecule has 0 fully saturated rings. The van der Waals surface area contributed by atoms with Crippen LogP contribution in [-0.4, -0.2) is 7.11 Å². The maximum absolute atomic E-state index is 4.98. The number of aryl methyl sites for hydroxylation is 1. The first-order valence-electron chi connectivity index (χ1n) is 5.27. The molecule has 2 heteroatoms. The Morgan fingerprint density at radius 3 is 2.19 bits per heavy atom. The van der Waals surface area contributed by atoms with E-state index in [-0.39, 0.29) is 0 Å². The zero-order valence-electron chi connectivity index (χ0n) is 9.53. The van der Waals surface area contributed by atoms with Gasteiger partial charge in [-0.3, -0.25) is 10.3 Å². The second-order valence-electron chi connectivity index (χ2n) is 3.67. The number of para-hydroxylation sites is 1. The van der Waals surface area contributed by atoms with E-state index in [1.165, 1.54) is 11.1 Å². The first kappa shape index (κ1) is 10.7. The molecule has 82 valence electrons. The Bertz CT molecular complexity index is 480. The van der Waals surface area contributed by atoms with Crippen LogP contribution in [0, 0.1) is 6.92 Å². The first-order chi connectivity index (χ1) is 7.83. The molecule has 0 radical (unpaired) electrons. The van der Waals surface area contributed by atoms with Crippen molar-refractivity contribution in [1.29, 1.82) is 0 Å². The molecule has 0 bridgehead atoms. The largest absolute Gasteiger partial charge is 0.279 e. The van der Waals surface area contributed by atoms with Crippen molar-refractivity contribution in [1.82, 2.24) is 0 Å². The summed E-state index contributed by atoms with van der Waals surface area (Å²) < 4.78 is 0. The molecule has 0 unspecified atom stereocenters. The average Bonchev–Trinajstić information content (AvgIpc) is 2.31. The standard InChI is InChI=1S/C14H15NO/c1-11-7-3-4-8-12(11)13-9-5-6-10-14(13)15-16-2/h3-10,15H,1-2H3. The summed E-state index contributed by atoms with van der Waals surface area (Å²) in [5.41, 5.74) is 7.52. The van der Waals surface area contributed by atoms with Gasteiger partial charge in [0.15, 0.2) is 0 Å². The average molecular weight is 213 g/mol. The van der Waals surface area contributed by atoms with Gasteiger partial charge in [0.1, 0.15) is 0 Å². The van der Waals surface area contributed by atoms with Crippen LogP contribution in [0.25, 0.3) is 11.1 Å². The molecular formula is C14H15NO. The quantitative estimate of drug-likeness (QED) is 0.786. The van der Waals surface area contributed by atoms with Gasteiger partial charge in [0.2, 0.25) is 0 Å². The van der Waals surface area contributed by atoms with Gasteiger partial charge in [-0.25, -0.2) is 0 Å². The Balaban J connectivity index is 2.51. The van der Waals surface area contributed by atoms with E-state index in [1.54, 1.807) is 7.11 Å². The molecule has 0 heterocycles. The second-order valence-corrected chi connectivity index (χ2v) is 3.67. The summed E-state index contributed by atoms with van der Waals surface area (Å²) >= 11 is 0. The van der Waals surface area contributed by atoms with Crippen LogP contribution in [0.5, 0.6) is 0 Å². The van der Waals surface area contributed by atoms with Crippen LogP contribution in [-0.2, 0) is 4.84 Å². The Hall–Kier alpha value is -1.80. The third kappa shape index (κ3) is 2.07. The summed E-state index contributed by atoms with van der Waals surface area (Å²) in [7, 11) is 1.62. The summed E-state index contributed by atoms with van der Waals surface area (Å²) in [5, 5.41) is 0. The van der Waals surface area contributed by atoms with E-state index in [0.717, 1.165) is 11.3 Å². The predicted molar refractivity (Wildman–Crippen MR) is 67.2 cm³/mol. The highest BCUT2D eigenvalue weighted by Crippen LogP contribution is 2.29. The second kappa shape index (κ2) is 4.81. The number of nitrogens with one attached hydrogen (secondary N) is 1. The normalized spacial score (nSPS) is 10.1. The molecule has 0 aromatic heterocycles. The molecule has 0 saturated carbocycles. The zero-order valence-corrected chi connectivity index (χ0v) is 9.53. The molecule has 0 aliphatic heterocycles. The van der Waals surface area contributed by atoms with Crippen molar-refractivity contribution in [3.8, 4) is 11.1 Å². The number of hydrogen-bond donors (Lipinski definition) is 1. The Morgan fingerprint density at radius 1 is 0.875 bits per heavy atom. The minimum absolute atomic E-state index is 0.985. The lowest BCUT2D eigenvalue weighted by atomic mass is 9.99. The molecule has 0 amide bonds.